The van der Waals surface area contributed by atoms with Gasteiger partial charge in [-0.2, -0.15) is 11.8 Å². The molecule has 0 aliphatic rings. The lowest BCUT2D eigenvalue weighted by Gasteiger charge is -2.20. The van der Waals surface area contributed by atoms with Crippen molar-refractivity contribution >= 4 is 23.4 Å². The largest absolute Gasteiger partial charge is 0.309 e. The second kappa shape index (κ2) is 8.78. The van der Waals surface area contributed by atoms with E-state index in [0.29, 0.717) is 10.6 Å². The lowest BCUT2D eigenvalue weighted by molar-refractivity contribution is 0.532. The SMILES string of the molecule is CCCNC(CSCCC)c1c(F)cccc1Cl. The number of halogens is 2. The Bertz CT molecular complexity index is 339. The third-order valence-corrected chi connectivity index (χ3v) is 4.22. The predicted molar refractivity (Wildman–Crippen MR) is 80.1 cm³/mol. The molecule has 1 nitrogen and oxygen atoms in total. The van der Waals surface area contributed by atoms with Gasteiger partial charge in [0, 0.05) is 22.4 Å². The van der Waals surface area contributed by atoms with E-state index in [4.69, 9.17) is 11.6 Å². The molecule has 1 unspecified atom stereocenters. The number of hydrogen-bond acceptors (Lipinski definition) is 2. The predicted octanol–water partition coefficient (Wildman–Crippen LogP) is 4.66. The third kappa shape index (κ3) is 4.79. The summed E-state index contributed by atoms with van der Waals surface area (Å²) in [5.41, 5.74) is 0.608. The molecule has 0 spiro atoms. The zero-order chi connectivity index (χ0) is 13.4. The van der Waals surface area contributed by atoms with Crippen molar-refractivity contribution in [1.29, 1.82) is 0 Å². The van der Waals surface area contributed by atoms with Crippen LogP contribution in [0.3, 0.4) is 0 Å². The number of thioether (sulfide) groups is 1. The lowest BCUT2D eigenvalue weighted by Crippen LogP contribution is -2.25. The zero-order valence-corrected chi connectivity index (χ0v) is 12.6. The van der Waals surface area contributed by atoms with Gasteiger partial charge in [-0.05, 0) is 37.3 Å². The minimum Gasteiger partial charge on any atom is -0.309 e. The molecule has 0 aliphatic carbocycles. The Morgan fingerprint density at radius 2 is 2.11 bits per heavy atom. The van der Waals surface area contributed by atoms with Gasteiger partial charge in [-0.15, -0.1) is 0 Å². The fourth-order valence-corrected chi connectivity index (χ4v) is 3.02. The fraction of sp³-hybridized carbons (Fsp3) is 0.571. The molecule has 0 radical (unpaired) electrons. The van der Waals surface area contributed by atoms with Crippen LogP contribution in [0.15, 0.2) is 18.2 Å². The molecule has 0 bridgehead atoms. The smallest absolute Gasteiger partial charge is 0.129 e. The van der Waals surface area contributed by atoms with Crippen LogP contribution in [0.4, 0.5) is 4.39 Å². The van der Waals surface area contributed by atoms with Crippen LogP contribution in [0.1, 0.15) is 38.3 Å². The molecule has 0 heterocycles. The van der Waals surface area contributed by atoms with Gasteiger partial charge in [-0.3, -0.25) is 0 Å². The van der Waals surface area contributed by atoms with Crippen molar-refractivity contribution in [3.8, 4) is 0 Å². The van der Waals surface area contributed by atoms with Crippen molar-refractivity contribution in [3.63, 3.8) is 0 Å². The molecular weight excluding hydrogens is 269 g/mol. The van der Waals surface area contributed by atoms with Crippen LogP contribution in [0, 0.1) is 5.82 Å². The van der Waals surface area contributed by atoms with E-state index in [2.05, 4.69) is 19.2 Å². The average molecular weight is 290 g/mol. The minimum atomic E-state index is -0.215. The molecular formula is C14H21ClFNS. The van der Waals surface area contributed by atoms with Crippen LogP contribution in [0.2, 0.25) is 5.02 Å². The minimum absolute atomic E-state index is 0.00444. The average Bonchev–Trinajstić information content (AvgIpc) is 2.35. The van der Waals surface area contributed by atoms with Gasteiger partial charge in [-0.25, -0.2) is 4.39 Å². The summed E-state index contributed by atoms with van der Waals surface area (Å²) in [4.78, 5) is 0. The van der Waals surface area contributed by atoms with Gasteiger partial charge in [0.2, 0.25) is 0 Å². The van der Waals surface area contributed by atoms with E-state index in [-0.39, 0.29) is 11.9 Å². The summed E-state index contributed by atoms with van der Waals surface area (Å²) in [5.74, 6) is 1.73. The van der Waals surface area contributed by atoms with Crippen molar-refractivity contribution in [1.82, 2.24) is 5.32 Å². The first-order valence-electron chi connectivity index (χ1n) is 6.45. The zero-order valence-electron chi connectivity index (χ0n) is 11.0. The number of hydrogen-bond donors (Lipinski definition) is 1. The Morgan fingerprint density at radius 1 is 1.33 bits per heavy atom. The Labute approximate surface area is 118 Å². The highest BCUT2D eigenvalue weighted by molar-refractivity contribution is 7.99. The summed E-state index contributed by atoms with van der Waals surface area (Å²) in [6, 6.07) is 4.88. The quantitative estimate of drug-likeness (QED) is 0.698. The van der Waals surface area contributed by atoms with Crippen molar-refractivity contribution in [2.24, 2.45) is 0 Å². The standard InChI is InChI=1S/C14H21ClFNS/c1-3-8-17-13(10-18-9-4-2)14-11(15)6-5-7-12(14)16/h5-7,13,17H,3-4,8-10H2,1-2H3. The molecule has 1 aromatic carbocycles. The molecule has 1 rings (SSSR count). The molecule has 102 valence electrons. The van der Waals surface area contributed by atoms with E-state index in [1.54, 1.807) is 12.1 Å². The fourth-order valence-electron chi connectivity index (χ4n) is 1.75. The molecule has 18 heavy (non-hydrogen) atoms. The molecule has 4 heteroatoms. The molecule has 0 fully saturated rings. The Morgan fingerprint density at radius 3 is 2.72 bits per heavy atom. The van der Waals surface area contributed by atoms with Crippen LogP contribution >= 0.6 is 23.4 Å². The van der Waals surface area contributed by atoms with E-state index in [9.17, 15) is 4.39 Å². The Hall–Kier alpha value is -0.250. The van der Waals surface area contributed by atoms with Crippen LogP contribution in [0.5, 0.6) is 0 Å². The van der Waals surface area contributed by atoms with Crippen molar-refractivity contribution < 1.29 is 4.39 Å². The molecule has 1 N–H and O–H groups in total. The summed E-state index contributed by atoms with van der Waals surface area (Å²) in [6.45, 7) is 5.13. The highest BCUT2D eigenvalue weighted by Crippen LogP contribution is 2.28. The summed E-state index contributed by atoms with van der Waals surface area (Å²) in [7, 11) is 0. The first-order valence-corrected chi connectivity index (χ1v) is 7.99. The molecule has 0 saturated heterocycles. The molecule has 0 aromatic heterocycles. The maximum Gasteiger partial charge on any atom is 0.129 e. The van der Waals surface area contributed by atoms with Crippen LogP contribution < -0.4 is 5.32 Å². The van der Waals surface area contributed by atoms with Crippen LogP contribution in [0.25, 0.3) is 0 Å². The normalized spacial score (nSPS) is 12.7. The molecule has 1 atom stereocenters. The highest BCUT2D eigenvalue weighted by Gasteiger charge is 2.18. The van der Waals surface area contributed by atoms with Gasteiger partial charge in [0.25, 0.3) is 0 Å². The van der Waals surface area contributed by atoms with Gasteiger partial charge >= 0.3 is 0 Å². The Kier molecular flexibility index (Phi) is 7.71. The summed E-state index contributed by atoms with van der Waals surface area (Å²) in [6.07, 6.45) is 2.16. The first kappa shape index (κ1) is 15.8. The molecule has 1 aromatic rings. The van der Waals surface area contributed by atoms with Gasteiger partial charge in [0.1, 0.15) is 5.82 Å². The maximum atomic E-state index is 13.9. The number of benzene rings is 1. The number of nitrogens with one attached hydrogen (secondary N) is 1. The van der Waals surface area contributed by atoms with Crippen LogP contribution in [-0.2, 0) is 0 Å². The summed E-state index contributed by atoms with van der Waals surface area (Å²) < 4.78 is 13.9. The Balaban J connectivity index is 2.79. The van der Waals surface area contributed by atoms with Gasteiger partial charge in [-0.1, -0.05) is 31.5 Å². The number of rotatable bonds is 8. The van der Waals surface area contributed by atoms with Gasteiger partial charge < -0.3 is 5.32 Å². The van der Waals surface area contributed by atoms with E-state index >= 15 is 0 Å². The van der Waals surface area contributed by atoms with Gasteiger partial charge in [0.05, 0.1) is 0 Å². The lowest BCUT2D eigenvalue weighted by atomic mass is 10.1. The van der Waals surface area contributed by atoms with Crippen molar-refractivity contribution in [2.45, 2.75) is 32.7 Å². The van der Waals surface area contributed by atoms with E-state index in [1.807, 2.05) is 11.8 Å². The second-order valence-electron chi connectivity index (χ2n) is 4.22. The topological polar surface area (TPSA) is 12.0 Å². The van der Waals surface area contributed by atoms with Gasteiger partial charge in [0.15, 0.2) is 0 Å². The van der Waals surface area contributed by atoms with E-state index < -0.39 is 0 Å². The van der Waals surface area contributed by atoms with E-state index in [0.717, 1.165) is 30.9 Å². The molecule has 0 saturated carbocycles. The first-order chi connectivity index (χ1) is 8.70. The van der Waals surface area contributed by atoms with Crippen molar-refractivity contribution in [3.05, 3.63) is 34.6 Å². The van der Waals surface area contributed by atoms with Crippen molar-refractivity contribution in [2.75, 3.05) is 18.1 Å². The molecule has 0 aliphatic heterocycles. The highest BCUT2D eigenvalue weighted by atomic mass is 35.5. The monoisotopic (exact) mass is 289 g/mol. The van der Waals surface area contributed by atoms with Crippen LogP contribution in [-0.4, -0.2) is 18.1 Å². The second-order valence-corrected chi connectivity index (χ2v) is 5.77. The third-order valence-electron chi connectivity index (χ3n) is 2.62. The summed E-state index contributed by atoms with van der Waals surface area (Å²) in [5, 5.41) is 3.90. The van der Waals surface area contributed by atoms with E-state index in [1.165, 1.54) is 6.07 Å². The molecule has 0 amide bonds. The summed E-state index contributed by atoms with van der Waals surface area (Å²) >= 11 is 7.96. The maximum absolute atomic E-state index is 13.9.